The zero-order valence-corrected chi connectivity index (χ0v) is 15.3. The molecule has 0 aliphatic carbocycles. The van der Waals surface area contributed by atoms with E-state index >= 15 is 0 Å². The molecular formula is C24H25N. The van der Waals surface area contributed by atoms with Gasteiger partial charge in [-0.25, -0.2) is 4.98 Å². The summed E-state index contributed by atoms with van der Waals surface area (Å²) in [5.74, 6) is 0. The molecule has 0 aliphatic heterocycles. The Morgan fingerprint density at radius 3 is 1.68 bits per heavy atom. The first kappa shape index (κ1) is 17.2. The van der Waals surface area contributed by atoms with Crippen molar-refractivity contribution in [1.29, 1.82) is 0 Å². The third-order valence-electron chi connectivity index (χ3n) is 4.64. The minimum absolute atomic E-state index is 0.968. The fourth-order valence-corrected chi connectivity index (χ4v) is 3.54. The molecule has 1 aromatic heterocycles. The lowest BCUT2D eigenvalue weighted by atomic mass is 9.88. The van der Waals surface area contributed by atoms with Gasteiger partial charge in [-0.1, -0.05) is 81.1 Å². The van der Waals surface area contributed by atoms with E-state index in [0.29, 0.717) is 0 Å². The van der Waals surface area contributed by atoms with Crippen LogP contribution in [0.2, 0.25) is 0 Å². The Labute approximate surface area is 151 Å². The molecule has 1 nitrogen and oxygen atoms in total. The topological polar surface area (TPSA) is 12.9 Å². The van der Waals surface area contributed by atoms with Crippen molar-refractivity contribution in [3.05, 3.63) is 83.9 Å². The van der Waals surface area contributed by atoms with Crippen molar-refractivity contribution in [3.8, 4) is 22.5 Å². The summed E-state index contributed by atoms with van der Waals surface area (Å²) in [6, 6.07) is 21.0. The Morgan fingerprint density at radius 1 is 0.760 bits per heavy atom. The number of pyridine rings is 1. The Kier molecular flexibility index (Phi) is 5.14. The van der Waals surface area contributed by atoms with Gasteiger partial charge in [-0.15, -0.1) is 0 Å². The standard InChI is InChI=1S/C24H25N/c1-5-20-21(6-2)23(18-13-9-7-10-14-18)25-24(22(20)17(3)4)19-15-11-8-12-16-19/h7-16H,3,5-6H2,1-2,4H3. The van der Waals surface area contributed by atoms with Crippen molar-refractivity contribution in [1.82, 2.24) is 4.98 Å². The smallest absolute Gasteiger partial charge is 0.0787 e. The second-order valence-electron chi connectivity index (χ2n) is 6.36. The molecule has 0 saturated carbocycles. The predicted octanol–water partition coefficient (Wildman–Crippen LogP) is 6.57. The lowest BCUT2D eigenvalue weighted by molar-refractivity contribution is 1.01. The number of allylic oxidation sites excluding steroid dienone is 1. The maximum Gasteiger partial charge on any atom is 0.0787 e. The molecule has 2 aromatic carbocycles. The van der Waals surface area contributed by atoms with E-state index in [2.05, 4.69) is 81.9 Å². The van der Waals surface area contributed by atoms with Crippen LogP contribution in [0.5, 0.6) is 0 Å². The molecule has 0 saturated heterocycles. The van der Waals surface area contributed by atoms with Crippen LogP contribution in [-0.2, 0) is 12.8 Å². The van der Waals surface area contributed by atoms with Crippen LogP contribution in [0.3, 0.4) is 0 Å². The fourth-order valence-electron chi connectivity index (χ4n) is 3.54. The summed E-state index contributed by atoms with van der Waals surface area (Å²) in [5, 5.41) is 0. The summed E-state index contributed by atoms with van der Waals surface area (Å²) in [5.41, 5.74) is 9.48. The van der Waals surface area contributed by atoms with Gasteiger partial charge in [0.15, 0.2) is 0 Å². The highest BCUT2D eigenvalue weighted by Crippen LogP contribution is 2.36. The zero-order valence-electron chi connectivity index (χ0n) is 15.3. The number of aromatic nitrogens is 1. The maximum atomic E-state index is 5.15. The molecule has 0 spiro atoms. The molecule has 126 valence electrons. The highest BCUT2D eigenvalue weighted by Gasteiger charge is 2.19. The van der Waals surface area contributed by atoms with E-state index in [1.807, 2.05) is 6.07 Å². The summed E-state index contributed by atoms with van der Waals surface area (Å²) in [6.45, 7) is 10.8. The van der Waals surface area contributed by atoms with Gasteiger partial charge in [-0.2, -0.15) is 0 Å². The second kappa shape index (κ2) is 7.48. The third kappa shape index (κ3) is 3.28. The monoisotopic (exact) mass is 327 g/mol. The number of hydrogen-bond donors (Lipinski definition) is 0. The lowest BCUT2D eigenvalue weighted by Gasteiger charge is -2.21. The van der Waals surface area contributed by atoms with E-state index in [0.717, 1.165) is 35.4 Å². The Morgan fingerprint density at radius 2 is 1.24 bits per heavy atom. The molecule has 1 heterocycles. The average molecular weight is 327 g/mol. The van der Waals surface area contributed by atoms with Gasteiger partial charge >= 0.3 is 0 Å². The SMILES string of the molecule is C=C(C)c1c(-c2ccccc2)nc(-c2ccccc2)c(CC)c1CC. The van der Waals surface area contributed by atoms with Crippen LogP contribution in [0.15, 0.2) is 67.2 Å². The minimum Gasteiger partial charge on any atom is -0.247 e. The Bertz CT molecular complexity index is 877. The van der Waals surface area contributed by atoms with Gasteiger partial charge in [0.1, 0.15) is 0 Å². The second-order valence-corrected chi connectivity index (χ2v) is 6.36. The highest BCUT2D eigenvalue weighted by molar-refractivity contribution is 5.83. The molecule has 3 rings (SSSR count). The molecule has 0 radical (unpaired) electrons. The van der Waals surface area contributed by atoms with Gasteiger partial charge in [-0.05, 0) is 36.5 Å². The average Bonchev–Trinajstić information content (AvgIpc) is 2.67. The summed E-state index contributed by atoms with van der Waals surface area (Å²) >= 11 is 0. The van der Waals surface area contributed by atoms with Crippen molar-refractivity contribution in [2.24, 2.45) is 0 Å². The first-order chi connectivity index (χ1) is 12.2. The zero-order chi connectivity index (χ0) is 17.8. The van der Waals surface area contributed by atoms with Gasteiger partial charge in [0.2, 0.25) is 0 Å². The van der Waals surface area contributed by atoms with Crippen molar-refractivity contribution >= 4 is 5.57 Å². The molecule has 0 fully saturated rings. The third-order valence-corrected chi connectivity index (χ3v) is 4.64. The molecular weight excluding hydrogens is 302 g/mol. The molecule has 1 heteroatoms. The van der Waals surface area contributed by atoms with E-state index in [9.17, 15) is 0 Å². The summed E-state index contributed by atoms with van der Waals surface area (Å²) in [4.78, 5) is 5.15. The fraction of sp³-hybridized carbons (Fsp3) is 0.208. The van der Waals surface area contributed by atoms with Gasteiger partial charge < -0.3 is 0 Å². The van der Waals surface area contributed by atoms with Crippen LogP contribution in [0, 0.1) is 0 Å². The van der Waals surface area contributed by atoms with E-state index in [1.54, 1.807) is 0 Å². The molecule has 0 atom stereocenters. The van der Waals surface area contributed by atoms with E-state index in [-0.39, 0.29) is 0 Å². The summed E-state index contributed by atoms with van der Waals surface area (Å²) in [6.07, 6.45) is 1.95. The number of benzene rings is 2. The normalized spacial score (nSPS) is 10.7. The van der Waals surface area contributed by atoms with Crippen molar-refractivity contribution in [2.45, 2.75) is 33.6 Å². The van der Waals surface area contributed by atoms with E-state index in [1.165, 1.54) is 22.3 Å². The predicted molar refractivity (Wildman–Crippen MR) is 109 cm³/mol. The van der Waals surface area contributed by atoms with Crippen molar-refractivity contribution in [2.75, 3.05) is 0 Å². The van der Waals surface area contributed by atoms with Gasteiger partial charge in [0.05, 0.1) is 11.4 Å². The highest BCUT2D eigenvalue weighted by atomic mass is 14.7. The van der Waals surface area contributed by atoms with Crippen LogP contribution in [0.25, 0.3) is 28.1 Å². The molecule has 0 bridgehead atoms. The van der Waals surface area contributed by atoms with Crippen molar-refractivity contribution in [3.63, 3.8) is 0 Å². The van der Waals surface area contributed by atoms with Crippen molar-refractivity contribution < 1.29 is 0 Å². The molecule has 0 amide bonds. The van der Waals surface area contributed by atoms with Crippen LogP contribution in [-0.4, -0.2) is 4.98 Å². The lowest BCUT2D eigenvalue weighted by Crippen LogP contribution is -2.06. The quantitative estimate of drug-likeness (QED) is 0.516. The minimum atomic E-state index is 0.968. The first-order valence-corrected chi connectivity index (χ1v) is 8.99. The van der Waals surface area contributed by atoms with Gasteiger partial charge in [0.25, 0.3) is 0 Å². The number of nitrogens with zero attached hydrogens (tertiary/aromatic N) is 1. The summed E-state index contributed by atoms with van der Waals surface area (Å²) in [7, 11) is 0. The molecule has 0 aliphatic rings. The molecule has 3 aromatic rings. The van der Waals surface area contributed by atoms with E-state index < -0.39 is 0 Å². The molecule has 0 N–H and O–H groups in total. The molecule has 25 heavy (non-hydrogen) atoms. The number of rotatable bonds is 5. The Balaban J connectivity index is 2.40. The van der Waals surface area contributed by atoms with Crippen LogP contribution in [0.4, 0.5) is 0 Å². The van der Waals surface area contributed by atoms with Gasteiger partial charge in [-0.3, -0.25) is 0 Å². The van der Waals surface area contributed by atoms with Crippen LogP contribution < -0.4 is 0 Å². The number of hydrogen-bond acceptors (Lipinski definition) is 1. The maximum absolute atomic E-state index is 5.15. The van der Waals surface area contributed by atoms with Crippen LogP contribution >= 0.6 is 0 Å². The van der Waals surface area contributed by atoms with Gasteiger partial charge in [0, 0.05) is 16.7 Å². The van der Waals surface area contributed by atoms with Crippen LogP contribution in [0.1, 0.15) is 37.5 Å². The molecule has 0 unspecified atom stereocenters. The summed E-state index contributed by atoms with van der Waals surface area (Å²) < 4.78 is 0. The van der Waals surface area contributed by atoms with E-state index in [4.69, 9.17) is 4.98 Å². The Hall–Kier alpha value is -2.67. The largest absolute Gasteiger partial charge is 0.247 e. The first-order valence-electron chi connectivity index (χ1n) is 8.99.